The van der Waals surface area contributed by atoms with Crippen LogP contribution >= 0.6 is 0 Å². The molecule has 1 aromatic heterocycles. The molecule has 1 heterocycles. The van der Waals surface area contributed by atoms with E-state index in [-0.39, 0.29) is 0 Å². The molecule has 0 spiro atoms. The zero-order chi connectivity index (χ0) is 21.5. The molecule has 152 valence electrons. The minimum absolute atomic E-state index is 0.934. The Morgan fingerprint density at radius 3 is 1.85 bits per heavy atom. The van der Waals surface area contributed by atoms with Crippen LogP contribution in [0.5, 0.6) is 0 Å². The Morgan fingerprint density at radius 2 is 1.03 bits per heavy atom. The highest BCUT2D eigenvalue weighted by atomic mass is 16.3. The van der Waals surface area contributed by atoms with Gasteiger partial charge in [0.25, 0.3) is 0 Å². The summed E-state index contributed by atoms with van der Waals surface area (Å²) in [6, 6.07) is 39.5. The van der Waals surface area contributed by atoms with E-state index in [1.165, 1.54) is 65.0 Å². The first-order valence-corrected chi connectivity index (χ1v) is 11.4. The molecule has 0 saturated carbocycles. The molecule has 0 bridgehead atoms. The fraction of sp³-hybridized carbons (Fsp3) is 0. The number of rotatable bonds is 1. The van der Waals surface area contributed by atoms with Gasteiger partial charge in [0.15, 0.2) is 0 Å². The lowest BCUT2D eigenvalue weighted by Crippen LogP contribution is -1.85. The summed E-state index contributed by atoms with van der Waals surface area (Å²) in [5, 5.41) is 12.7. The summed E-state index contributed by atoms with van der Waals surface area (Å²) in [4.78, 5) is 0. The molecule has 0 aliphatic heterocycles. The number of benzene rings is 7. The molecule has 0 radical (unpaired) electrons. The van der Waals surface area contributed by atoms with E-state index in [9.17, 15) is 0 Å². The molecule has 0 fully saturated rings. The summed E-state index contributed by atoms with van der Waals surface area (Å²) in [7, 11) is 0. The molecule has 0 aliphatic carbocycles. The van der Waals surface area contributed by atoms with Gasteiger partial charge in [0.05, 0.1) is 0 Å². The van der Waals surface area contributed by atoms with Gasteiger partial charge < -0.3 is 4.42 Å². The van der Waals surface area contributed by atoms with Crippen molar-refractivity contribution in [3.8, 4) is 11.1 Å². The van der Waals surface area contributed by atoms with E-state index < -0.39 is 0 Å². The Morgan fingerprint density at radius 1 is 0.364 bits per heavy atom. The highest BCUT2D eigenvalue weighted by molar-refractivity contribution is 6.24. The first-order valence-electron chi connectivity index (χ1n) is 11.4. The highest BCUT2D eigenvalue weighted by Gasteiger charge is 2.13. The predicted molar refractivity (Wildman–Crippen MR) is 140 cm³/mol. The minimum atomic E-state index is 0.934. The van der Waals surface area contributed by atoms with Gasteiger partial charge in [-0.15, -0.1) is 0 Å². The van der Waals surface area contributed by atoms with Crippen LogP contribution in [0.15, 0.2) is 114 Å². The Bertz CT molecular complexity index is 1960. The third-order valence-corrected chi connectivity index (χ3v) is 7.16. The van der Waals surface area contributed by atoms with E-state index in [0.717, 1.165) is 11.2 Å². The third kappa shape index (κ3) is 2.31. The van der Waals surface area contributed by atoms with Gasteiger partial charge in [-0.1, -0.05) is 78.9 Å². The molecule has 8 aromatic rings. The van der Waals surface area contributed by atoms with Crippen molar-refractivity contribution >= 4 is 65.0 Å². The van der Waals surface area contributed by atoms with Gasteiger partial charge in [0, 0.05) is 10.8 Å². The van der Waals surface area contributed by atoms with Crippen LogP contribution in [0.1, 0.15) is 0 Å². The van der Waals surface area contributed by atoms with E-state index in [1.807, 2.05) is 0 Å². The third-order valence-electron chi connectivity index (χ3n) is 7.16. The second-order valence-corrected chi connectivity index (χ2v) is 8.98. The maximum atomic E-state index is 6.32. The van der Waals surface area contributed by atoms with Crippen LogP contribution in [-0.2, 0) is 0 Å². The topological polar surface area (TPSA) is 13.1 Å². The van der Waals surface area contributed by atoms with E-state index >= 15 is 0 Å². The first-order chi connectivity index (χ1) is 16.3. The van der Waals surface area contributed by atoms with Crippen LogP contribution in [0.25, 0.3) is 76.2 Å². The van der Waals surface area contributed by atoms with Gasteiger partial charge in [-0.25, -0.2) is 0 Å². The molecule has 0 saturated heterocycles. The van der Waals surface area contributed by atoms with E-state index in [4.69, 9.17) is 4.42 Å². The summed E-state index contributed by atoms with van der Waals surface area (Å²) in [5.74, 6) is 0. The SMILES string of the molecule is c1ccc2c(c1)ccc1oc3cc(-c4cc5ccc6cccc7ccc(c4)c5c67)ccc3c12. The van der Waals surface area contributed by atoms with E-state index in [1.54, 1.807) is 0 Å². The number of fused-ring (bicyclic) bond motifs is 5. The van der Waals surface area contributed by atoms with Crippen molar-refractivity contribution in [2.24, 2.45) is 0 Å². The Kier molecular flexibility index (Phi) is 3.19. The van der Waals surface area contributed by atoms with Crippen molar-refractivity contribution in [3.63, 3.8) is 0 Å². The summed E-state index contributed by atoms with van der Waals surface area (Å²) >= 11 is 0. The average Bonchev–Trinajstić information content (AvgIpc) is 3.25. The Hall–Kier alpha value is -4.36. The van der Waals surface area contributed by atoms with Crippen molar-refractivity contribution in [2.75, 3.05) is 0 Å². The number of furan rings is 1. The fourth-order valence-corrected chi connectivity index (χ4v) is 5.65. The summed E-state index contributed by atoms with van der Waals surface area (Å²) < 4.78 is 6.32. The monoisotopic (exact) mass is 418 g/mol. The van der Waals surface area contributed by atoms with Crippen LogP contribution in [0.3, 0.4) is 0 Å². The predicted octanol–water partition coefficient (Wildman–Crippen LogP) is 9.30. The maximum Gasteiger partial charge on any atom is 0.136 e. The van der Waals surface area contributed by atoms with Crippen molar-refractivity contribution in [3.05, 3.63) is 109 Å². The van der Waals surface area contributed by atoms with Crippen LogP contribution in [-0.4, -0.2) is 0 Å². The van der Waals surface area contributed by atoms with Crippen LogP contribution < -0.4 is 0 Å². The van der Waals surface area contributed by atoms with Gasteiger partial charge >= 0.3 is 0 Å². The molecule has 7 aromatic carbocycles. The van der Waals surface area contributed by atoms with Gasteiger partial charge in [-0.3, -0.25) is 0 Å². The van der Waals surface area contributed by atoms with Gasteiger partial charge in [-0.2, -0.15) is 0 Å². The molecule has 1 heteroatoms. The van der Waals surface area contributed by atoms with Gasteiger partial charge in [-0.05, 0) is 84.5 Å². The highest BCUT2D eigenvalue weighted by Crippen LogP contribution is 2.39. The molecule has 8 rings (SSSR count). The smallest absolute Gasteiger partial charge is 0.136 e. The van der Waals surface area contributed by atoms with Crippen LogP contribution in [0.4, 0.5) is 0 Å². The summed E-state index contributed by atoms with van der Waals surface area (Å²) in [5.41, 5.74) is 4.27. The molecular weight excluding hydrogens is 400 g/mol. The normalized spacial score (nSPS) is 12.2. The quantitative estimate of drug-likeness (QED) is 0.242. The largest absolute Gasteiger partial charge is 0.456 e. The first kappa shape index (κ1) is 17.2. The van der Waals surface area contributed by atoms with Crippen molar-refractivity contribution in [1.29, 1.82) is 0 Å². The Balaban J connectivity index is 1.39. The molecule has 0 amide bonds. The Labute approximate surface area is 189 Å². The van der Waals surface area contributed by atoms with Crippen molar-refractivity contribution in [1.82, 2.24) is 0 Å². The van der Waals surface area contributed by atoms with Crippen LogP contribution in [0, 0.1) is 0 Å². The van der Waals surface area contributed by atoms with E-state index in [0.29, 0.717) is 0 Å². The summed E-state index contributed by atoms with van der Waals surface area (Å²) in [6.45, 7) is 0. The fourth-order valence-electron chi connectivity index (χ4n) is 5.65. The van der Waals surface area contributed by atoms with Gasteiger partial charge in [0.1, 0.15) is 11.2 Å². The minimum Gasteiger partial charge on any atom is -0.456 e. The molecule has 0 atom stereocenters. The van der Waals surface area contributed by atoms with Crippen LogP contribution in [0.2, 0.25) is 0 Å². The number of hydrogen-bond acceptors (Lipinski definition) is 1. The maximum absolute atomic E-state index is 6.32. The lowest BCUT2D eigenvalue weighted by Gasteiger charge is -2.12. The molecule has 1 nitrogen and oxygen atoms in total. The lowest BCUT2D eigenvalue weighted by atomic mass is 9.91. The van der Waals surface area contributed by atoms with E-state index in [2.05, 4.69) is 109 Å². The zero-order valence-electron chi connectivity index (χ0n) is 17.8. The van der Waals surface area contributed by atoms with Crippen molar-refractivity contribution < 1.29 is 4.42 Å². The molecule has 0 aliphatic rings. The average molecular weight is 418 g/mol. The second kappa shape index (κ2) is 6.11. The molecule has 33 heavy (non-hydrogen) atoms. The van der Waals surface area contributed by atoms with Crippen molar-refractivity contribution in [2.45, 2.75) is 0 Å². The molecule has 0 N–H and O–H groups in total. The lowest BCUT2D eigenvalue weighted by molar-refractivity contribution is 0.669. The summed E-state index contributed by atoms with van der Waals surface area (Å²) in [6.07, 6.45) is 0. The molecular formula is C32H18O. The second-order valence-electron chi connectivity index (χ2n) is 8.98. The standard InChI is InChI=1S/C32H18O/c1-2-7-26-19(4-1)13-15-28-32(26)27-14-12-22(18-29(27)33-28)25-16-23-10-8-20-5-3-6-21-9-11-24(17-25)31(23)30(20)21/h1-18H. The number of hydrogen-bond donors (Lipinski definition) is 0. The zero-order valence-corrected chi connectivity index (χ0v) is 17.8. The van der Waals surface area contributed by atoms with Gasteiger partial charge in [0.2, 0.25) is 0 Å². The molecule has 0 unspecified atom stereocenters.